The molecule has 0 saturated heterocycles. The molecule has 0 heterocycles. The minimum atomic E-state index is -0.460. The van der Waals surface area contributed by atoms with Crippen LogP contribution in [-0.4, -0.2) is 0 Å². The van der Waals surface area contributed by atoms with Crippen LogP contribution >= 0.6 is 0 Å². The first-order valence-electron chi connectivity index (χ1n) is 18.0. The summed E-state index contributed by atoms with van der Waals surface area (Å²) in [6.45, 7) is 2.26. The third kappa shape index (κ3) is 5.25. The van der Waals surface area contributed by atoms with Gasteiger partial charge in [-0.15, -0.1) is 0 Å². The van der Waals surface area contributed by atoms with E-state index in [1.54, 1.807) is 0 Å². The maximum absolute atomic E-state index is 2.48. The summed E-state index contributed by atoms with van der Waals surface area (Å²) in [5.41, 5.74) is 17.5. The third-order valence-electron chi connectivity index (χ3n) is 10.8. The van der Waals surface area contributed by atoms with Gasteiger partial charge in [0.05, 0.1) is 5.41 Å². The van der Waals surface area contributed by atoms with Crippen LogP contribution < -0.4 is 4.90 Å². The number of hydrogen-bond acceptors (Lipinski definition) is 1. The lowest BCUT2D eigenvalue weighted by Gasteiger charge is -2.36. The van der Waals surface area contributed by atoms with Gasteiger partial charge in [0.1, 0.15) is 0 Å². The molecular weight excluding hydrogens is 615 g/mol. The Morgan fingerprint density at radius 3 is 1.63 bits per heavy atom. The first-order chi connectivity index (χ1) is 25.2. The zero-order chi connectivity index (χ0) is 34.2. The summed E-state index contributed by atoms with van der Waals surface area (Å²) in [6, 6.07) is 66.8. The predicted molar refractivity (Wildman–Crippen MR) is 214 cm³/mol. The molecule has 0 N–H and O–H groups in total. The van der Waals surface area contributed by atoms with Crippen molar-refractivity contribution in [2.45, 2.75) is 25.2 Å². The van der Waals surface area contributed by atoms with Gasteiger partial charge in [0.15, 0.2) is 0 Å². The van der Waals surface area contributed by atoms with Gasteiger partial charge < -0.3 is 4.90 Å². The first kappa shape index (κ1) is 30.8. The van der Waals surface area contributed by atoms with Crippen molar-refractivity contribution in [2.75, 3.05) is 4.90 Å². The molecule has 2 aliphatic rings. The van der Waals surface area contributed by atoms with Crippen LogP contribution in [-0.2, 0) is 5.41 Å². The Balaban J connectivity index is 1.24. The van der Waals surface area contributed by atoms with E-state index in [1.165, 1.54) is 66.9 Å². The van der Waals surface area contributed by atoms with Gasteiger partial charge >= 0.3 is 0 Å². The van der Waals surface area contributed by atoms with E-state index in [-0.39, 0.29) is 0 Å². The summed E-state index contributed by atoms with van der Waals surface area (Å²) < 4.78 is 0. The second-order valence-electron chi connectivity index (χ2n) is 13.7. The van der Waals surface area contributed by atoms with Gasteiger partial charge in [-0.3, -0.25) is 0 Å². The highest BCUT2D eigenvalue weighted by atomic mass is 15.1. The van der Waals surface area contributed by atoms with Crippen molar-refractivity contribution in [3.63, 3.8) is 0 Å². The zero-order valence-electron chi connectivity index (χ0n) is 28.8. The van der Waals surface area contributed by atoms with Crippen molar-refractivity contribution >= 4 is 16.9 Å². The Kier molecular flexibility index (Phi) is 7.82. The fourth-order valence-electron chi connectivity index (χ4n) is 8.48. The maximum Gasteiger partial charge on any atom is 0.0716 e. The van der Waals surface area contributed by atoms with Gasteiger partial charge in [-0.25, -0.2) is 0 Å². The molecule has 0 unspecified atom stereocenters. The normalized spacial score (nSPS) is 14.2. The van der Waals surface area contributed by atoms with Crippen LogP contribution in [0.25, 0.3) is 27.8 Å². The predicted octanol–water partition coefficient (Wildman–Crippen LogP) is 12.9. The molecule has 0 bridgehead atoms. The number of nitrogens with zero attached hydrogens (tertiary/aromatic N) is 1. The van der Waals surface area contributed by atoms with Crippen LogP contribution in [0, 0.1) is 6.92 Å². The summed E-state index contributed by atoms with van der Waals surface area (Å²) in [7, 11) is 0. The lowest BCUT2D eigenvalue weighted by atomic mass is 9.66. The number of anilines is 2. The summed E-state index contributed by atoms with van der Waals surface area (Å²) in [6.07, 6.45) is 6.59. The molecule has 0 radical (unpaired) electrons. The van der Waals surface area contributed by atoms with E-state index >= 15 is 0 Å². The fraction of sp³-hybridized carbons (Fsp3) is 0.0800. The SMILES string of the molecule is Cc1ccccc1C1(c2cccc(N(C3=CC=C(c4ccccc4)CC3)c3ccc(-c4ccccc4)cc3)c2)c2ccccc2-c2ccccc21. The van der Waals surface area contributed by atoms with E-state index in [2.05, 4.69) is 206 Å². The van der Waals surface area contributed by atoms with Gasteiger partial charge in [-0.05, 0) is 111 Å². The Morgan fingerprint density at radius 2 is 1.00 bits per heavy atom. The molecule has 1 heteroatoms. The second-order valence-corrected chi connectivity index (χ2v) is 13.7. The van der Waals surface area contributed by atoms with Crippen molar-refractivity contribution in [2.24, 2.45) is 0 Å². The molecular formula is C50H39N. The molecule has 51 heavy (non-hydrogen) atoms. The lowest BCUT2D eigenvalue weighted by molar-refractivity contribution is 0.760. The first-order valence-corrected chi connectivity index (χ1v) is 18.0. The summed E-state index contributed by atoms with van der Waals surface area (Å²) in [5, 5.41) is 0. The summed E-state index contributed by atoms with van der Waals surface area (Å²) in [4.78, 5) is 2.48. The number of rotatable bonds is 7. The Bertz CT molecular complexity index is 2370. The van der Waals surface area contributed by atoms with E-state index in [9.17, 15) is 0 Å². The van der Waals surface area contributed by atoms with E-state index in [0.29, 0.717) is 0 Å². The smallest absolute Gasteiger partial charge is 0.0716 e. The van der Waals surface area contributed by atoms with E-state index in [1.807, 2.05) is 0 Å². The summed E-state index contributed by atoms with van der Waals surface area (Å²) in [5.74, 6) is 0. The molecule has 9 rings (SSSR count). The molecule has 7 aromatic carbocycles. The van der Waals surface area contributed by atoms with Crippen molar-refractivity contribution in [3.05, 3.63) is 233 Å². The maximum atomic E-state index is 2.48. The minimum Gasteiger partial charge on any atom is -0.314 e. The van der Waals surface area contributed by atoms with E-state index in [0.717, 1.165) is 24.2 Å². The Morgan fingerprint density at radius 1 is 0.431 bits per heavy atom. The number of benzene rings is 7. The van der Waals surface area contributed by atoms with E-state index < -0.39 is 5.41 Å². The van der Waals surface area contributed by atoms with Crippen LogP contribution in [0.4, 0.5) is 11.4 Å². The molecule has 0 fully saturated rings. The molecule has 7 aromatic rings. The molecule has 0 amide bonds. The Hall–Kier alpha value is -6.18. The summed E-state index contributed by atoms with van der Waals surface area (Å²) >= 11 is 0. The quantitative estimate of drug-likeness (QED) is 0.165. The molecule has 0 atom stereocenters. The monoisotopic (exact) mass is 653 g/mol. The highest BCUT2D eigenvalue weighted by molar-refractivity contribution is 5.87. The molecule has 0 saturated carbocycles. The highest BCUT2D eigenvalue weighted by Gasteiger charge is 2.46. The van der Waals surface area contributed by atoms with Crippen molar-refractivity contribution in [3.8, 4) is 22.3 Å². The number of fused-ring (bicyclic) bond motifs is 3. The second kappa shape index (κ2) is 12.9. The van der Waals surface area contributed by atoms with E-state index in [4.69, 9.17) is 0 Å². The van der Waals surface area contributed by atoms with Gasteiger partial charge in [0.2, 0.25) is 0 Å². The van der Waals surface area contributed by atoms with Gasteiger partial charge in [-0.1, -0.05) is 164 Å². The molecule has 1 nitrogen and oxygen atoms in total. The standard InChI is InChI=1S/C50H39N/c1-36-15-8-11-24-47(36)50(48-25-12-9-22-45(48)46-23-10-13-26-49(46)50)41-20-14-21-44(35-41)51(42-31-27-39(28-32-42)37-16-4-2-5-17-37)43-33-29-40(30-34-43)38-18-6-3-7-19-38/h2-29,31-33,35H,30,34H2,1H3. The third-order valence-corrected chi connectivity index (χ3v) is 10.8. The number of hydrogen-bond donors (Lipinski definition) is 0. The fourth-order valence-corrected chi connectivity index (χ4v) is 8.48. The van der Waals surface area contributed by atoms with Crippen LogP contribution in [0.15, 0.2) is 200 Å². The van der Waals surface area contributed by atoms with Crippen LogP contribution in [0.2, 0.25) is 0 Å². The van der Waals surface area contributed by atoms with Crippen molar-refractivity contribution in [1.29, 1.82) is 0 Å². The van der Waals surface area contributed by atoms with Crippen LogP contribution in [0.5, 0.6) is 0 Å². The molecule has 2 aliphatic carbocycles. The molecule has 244 valence electrons. The van der Waals surface area contributed by atoms with Gasteiger partial charge in [-0.2, -0.15) is 0 Å². The lowest BCUT2D eigenvalue weighted by Crippen LogP contribution is -2.30. The van der Waals surface area contributed by atoms with Crippen molar-refractivity contribution in [1.82, 2.24) is 0 Å². The molecule has 0 aromatic heterocycles. The average Bonchev–Trinajstić information content (AvgIpc) is 3.50. The number of aryl methyl sites for hydroxylation is 1. The highest BCUT2D eigenvalue weighted by Crippen LogP contribution is 2.57. The Labute approximate surface area is 301 Å². The topological polar surface area (TPSA) is 3.24 Å². The molecule has 0 spiro atoms. The molecule has 0 aliphatic heterocycles. The van der Waals surface area contributed by atoms with Crippen LogP contribution in [0.1, 0.15) is 46.2 Å². The average molecular weight is 654 g/mol. The largest absolute Gasteiger partial charge is 0.314 e. The zero-order valence-corrected chi connectivity index (χ0v) is 28.8. The van der Waals surface area contributed by atoms with Gasteiger partial charge in [0.25, 0.3) is 0 Å². The minimum absolute atomic E-state index is 0.460. The van der Waals surface area contributed by atoms with Crippen molar-refractivity contribution < 1.29 is 0 Å². The number of allylic oxidation sites excluding steroid dienone is 4. The van der Waals surface area contributed by atoms with Crippen LogP contribution in [0.3, 0.4) is 0 Å². The van der Waals surface area contributed by atoms with Gasteiger partial charge in [0, 0.05) is 17.1 Å².